The number of benzene rings is 2. The van der Waals surface area contributed by atoms with E-state index in [2.05, 4.69) is 20.9 Å². The molecule has 0 saturated carbocycles. The van der Waals surface area contributed by atoms with Crippen molar-refractivity contribution in [1.82, 2.24) is 24.9 Å². The zero-order valence-electron chi connectivity index (χ0n) is 30.6. The number of carbonyl (C=O) groups excluding carboxylic acids is 4. The van der Waals surface area contributed by atoms with E-state index in [0.29, 0.717) is 62.3 Å². The summed E-state index contributed by atoms with van der Waals surface area (Å²) in [5.41, 5.74) is 2.25. The largest absolute Gasteiger partial charge is 0.342 e. The second-order valence-corrected chi connectivity index (χ2v) is 13.8. The van der Waals surface area contributed by atoms with Crippen LogP contribution in [0.1, 0.15) is 84.6 Å². The Labute approximate surface area is 313 Å². The lowest BCUT2D eigenvalue weighted by atomic mass is 9.98. The molecule has 0 bridgehead atoms. The molecule has 4 heterocycles. The van der Waals surface area contributed by atoms with Crippen LogP contribution in [0.4, 0.5) is 21.0 Å². The highest BCUT2D eigenvalue weighted by Gasteiger charge is 2.36. The number of urea groups is 2. The zero-order valence-corrected chi connectivity index (χ0v) is 32.1. The standard InChI is InChI=1S/C34H43Cl2N7O4.2C2H6/c35-24-8-9-29(27(36)20-24)37-33(46)38-30(32(45)42-18-10-25(11-19-42)40-14-4-1-5-15-40)21-31(44)41-16-12-26(13-17-41)43-22-23-6-2-3-7-28(23)39-34(43)47;2*1-2/h2-3,6-9,20,25-26,30H,1,4-5,10-19,21-22H2,(H,39,47)(H2,37,38,46);2*1-2H3/t30-;;/m0../s1. The van der Waals surface area contributed by atoms with Crippen LogP contribution < -0.4 is 16.0 Å². The van der Waals surface area contributed by atoms with E-state index in [0.717, 1.165) is 37.2 Å². The minimum absolute atomic E-state index is 0.000869. The molecule has 3 saturated heterocycles. The molecule has 6 amide bonds. The Morgan fingerprint density at radius 1 is 0.824 bits per heavy atom. The van der Waals surface area contributed by atoms with Gasteiger partial charge in [0, 0.05) is 55.5 Å². The average molecular weight is 745 g/mol. The minimum Gasteiger partial charge on any atom is -0.342 e. The molecule has 3 fully saturated rings. The Bertz CT molecular complexity index is 1470. The van der Waals surface area contributed by atoms with Crippen LogP contribution in [-0.2, 0) is 16.1 Å². The predicted octanol–water partition coefficient (Wildman–Crippen LogP) is 7.44. The number of nitrogens with zero attached hydrogens (tertiary/aromatic N) is 4. The Morgan fingerprint density at radius 2 is 1.45 bits per heavy atom. The van der Waals surface area contributed by atoms with Crippen LogP contribution in [0.15, 0.2) is 42.5 Å². The smallest absolute Gasteiger partial charge is 0.322 e. The summed E-state index contributed by atoms with van der Waals surface area (Å²) >= 11 is 12.3. The summed E-state index contributed by atoms with van der Waals surface area (Å²) < 4.78 is 0. The first kappa shape index (κ1) is 40.2. The zero-order chi connectivity index (χ0) is 36.9. The van der Waals surface area contributed by atoms with Gasteiger partial charge in [-0.1, -0.05) is 75.5 Å². The van der Waals surface area contributed by atoms with Crippen molar-refractivity contribution in [3.05, 3.63) is 58.1 Å². The van der Waals surface area contributed by atoms with E-state index in [1.807, 2.05) is 56.9 Å². The number of anilines is 2. The van der Waals surface area contributed by atoms with Gasteiger partial charge in [-0.25, -0.2) is 9.59 Å². The van der Waals surface area contributed by atoms with E-state index >= 15 is 0 Å². The number of nitrogens with one attached hydrogen (secondary N) is 3. The van der Waals surface area contributed by atoms with Crippen LogP contribution in [0, 0.1) is 0 Å². The summed E-state index contributed by atoms with van der Waals surface area (Å²) in [5.74, 6) is -0.463. The Kier molecular flexibility index (Phi) is 15.7. The summed E-state index contributed by atoms with van der Waals surface area (Å²) in [4.78, 5) is 61.5. The summed E-state index contributed by atoms with van der Waals surface area (Å²) in [6.45, 7) is 12.8. The molecular formula is C38H55Cl2N7O4. The van der Waals surface area contributed by atoms with Crippen LogP contribution in [-0.4, -0.2) is 101 Å². The van der Waals surface area contributed by atoms with Crippen LogP contribution in [0.25, 0.3) is 0 Å². The monoisotopic (exact) mass is 743 g/mol. The highest BCUT2D eigenvalue weighted by atomic mass is 35.5. The molecule has 0 spiro atoms. The molecule has 11 nitrogen and oxygen atoms in total. The van der Waals surface area contributed by atoms with Gasteiger partial charge in [0.25, 0.3) is 0 Å². The molecule has 280 valence electrons. The molecule has 4 aliphatic heterocycles. The molecule has 0 aliphatic carbocycles. The molecule has 0 aromatic heterocycles. The number of fused-ring (bicyclic) bond motifs is 1. The third kappa shape index (κ3) is 10.7. The second kappa shape index (κ2) is 19.9. The molecule has 2 aromatic rings. The van der Waals surface area contributed by atoms with Crippen molar-refractivity contribution in [2.24, 2.45) is 0 Å². The van der Waals surface area contributed by atoms with Gasteiger partial charge >= 0.3 is 12.1 Å². The molecule has 4 aliphatic rings. The van der Waals surface area contributed by atoms with E-state index in [9.17, 15) is 19.2 Å². The van der Waals surface area contributed by atoms with E-state index in [1.54, 1.807) is 21.9 Å². The van der Waals surface area contributed by atoms with Crippen molar-refractivity contribution in [3.8, 4) is 0 Å². The van der Waals surface area contributed by atoms with Crippen molar-refractivity contribution >= 4 is 58.5 Å². The number of likely N-dealkylation sites (tertiary alicyclic amines) is 3. The average Bonchev–Trinajstić information content (AvgIpc) is 3.17. The SMILES string of the molecule is CC.CC.O=C(Nc1ccc(Cl)cc1Cl)N[C@@H](CC(=O)N1CCC(N2Cc3ccccc3NC2=O)CC1)C(=O)N1CCC(N2CCCCC2)CC1. The van der Waals surface area contributed by atoms with Gasteiger partial charge in [0.05, 0.1) is 17.1 Å². The quantitative estimate of drug-likeness (QED) is 0.273. The maximum absolute atomic E-state index is 13.9. The van der Waals surface area contributed by atoms with Crippen molar-refractivity contribution in [1.29, 1.82) is 0 Å². The fourth-order valence-electron chi connectivity index (χ4n) is 7.31. The lowest BCUT2D eigenvalue weighted by Crippen LogP contribution is -2.56. The van der Waals surface area contributed by atoms with E-state index < -0.39 is 12.1 Å². The van der Waals surface area contributed by atoms with Gasteiger partial charge in [-0.2, -0.15) is 0 Å². The topological polar surface area (TPSA) is 117 Å². The van der Waals surface area contributed by atoms with E-state index in [4.69, 9.17) is 23.2 Å². The molecule has 0 radical (unpaired) electrons. The lowest BCUT2D eigenvalue weighted by molar-refractivity contribution is -0.140. The number of halogens is 2. The van der Waals surface area contributed by atoms with Gasteiger partial charge in [-0.05, 0) is 81.4 Å². The van der Waals surface area contributed by atoms with Gasteiger partial charge in [-0.15, -0.1) is 0 Å². The Morgan fingerprint density at radius 3 is 2.12 bits per heavy atom. The van der Waals surface area contributed by atoms with Crippen molar-refractivity contribution in [2.45, 2.75) is 104 Å². The van der Waals surface area contributed by atoms with Crippen molar-refractivity contribution < 1.29 is 19.2 Å². The molecule has 0 unspecified atom stereocenters. The van der Waals surface area contributed by atoms with Crippen LogP contribution in [0.3, 0.4) is 0 Å². The van der Waals surface area contributed by atoms with E-state index in [-0.39, 0.29) is 35.3 Å². The number of hydrogen-bond donors (Lipinski definition) is 3. The number of rotatable bonds is 7. The number of para-hydroxylation sites is 1. The number of carbonyl (C=O) groups is 4. The molecule has 2 aromatic carbocycles. The fourth-order valence-corrected chi connectivity index (χ4v) is 7.77. The Balaban J connectivity index is 0.00000141. The summed E-state index contributed by atoms with van der Waals surface area (Å²) in [7, 11) is 0. The maximum Gasteiger partial charge on any atom is 0.322 e. The third-order valence-corrected chi connectivity index (χ3v) is 10.5. The Hall–Kier alpha value is -3.54. The van der Waals surface area contributed by atoms with Gasteiger partial charge in [0.1, 0.15) is 6.04 Å². The van der Waals surface area contributed by atoms with Crippen molar-refractivity contribution in [3.63, 3.8) is 0 Å². The highest BCUT2D eigenvalue weighted by Crippen LogP contribution is 2.29. The molecule has 6 rings (SSSR count). The first-order chi connectivity index (χ1) is 24.7. The number of piperidine rings is 3. The molecule has 3 N–H and O–H groups in total. The molecule has 13 heteroatoms. The number of hydrogen-bond acceptors (Lipinski definition) is 5. The first-order valence-corrected chi connectivity index (χ1v) is 19.5. The predicted molar refractivity (Wildman–Crippen MR) is 205 cm³/mol. The number of amides is 6. The van der Waals surface area contributed by atoms with Crippen LogP contribution >= 0.6 is 23.2 Å². The van der Waals surface area contributed by atoms with Gasteiger partial charge in [0.2, 0.25) is 11.8 Å². The fraction of sp³-hybridized carbons (Fsp3) is 0.579. The normalized spacial score (nSPS) is 18.9. The highest BCUT2D eigenvalue weighted by molar-refractivity contribution is 6.36. The summed E-state index contributed by atoms with van der Waals surface area (Å²) in [6.07, 6.45) is 6.57. The van der Waals surface area contributed by atoms with Gasteiger partial charge in [-0.3, -0.25) is 9.59 Å². The van der Waals surface area contributed by atoms with Crippen molar-refractivity contribution in [2.75, 3.05) is 49.9 Å². The van der Waals surface area contributed by atoms with E-state index in [1.165, 1.54) is 25.3 Å². The molecular weight excluding hydrogens is 689 g/mol. The lowest BCUT2D eigenvalue weighted by Gasteiger charge is -2.41. The second-order valence-electron chi connectivity index (χ2n) is 13.0. The van der Waals surface area contributed by atoms with Crippen LogP contribution in [0.5, 0.6) is 0 Å². The summed E-state index contributed by atoms with van der Waals surface area (Å²) in [6, 6.07) is 11.2. The first-order valence-electron chi connectivity index (χ1n) is 18.7. The molecule has 51 heavy (non-hydrogen) atoms. The third-order valence-electron chi connectivity index (χ3n) is 9.96. The molecule has 1 atom stereocenters. The van der Waals surface area contributed by atoms with Crippen LogP contribution in [0.2, 0.25) is 10.0 Å². The van der Waals surface area contributed by atoms with Gasteiger partial charge in [0.15, 0.2) is 0 Å². The minimum atomic E-state index is -1.04. The summed E-state index contributed by atoms with van der Waals surface area (Å²) in [5, 5.41) is 9.14. The van der Waals surface area contributed by atoms with Gasteiger partial charge < -0.3 is 35.6 Å². The maximum atomic E-state index is 13.9.